The van der Waals surface area contributed by atoms with Crippen LogP contribution < -0.4 is 14.8 Å². The summed E-state index contributed by atoms with van der Waals surface area (Å²) in [5, 5.41) is 3.10. The van der Waals surface area contributed by atoms with Crippen LogP contribution in [0.25, 0.3) is 11.1 Å². The van der Waals surface area contributed by atoms with Crippen LogP contribution in [-0.4, -0.2) is 37.1 Å². The fourth-order valence-electron chi connectivity index (χ4n) is 3.51. The lowest BCUT2D eigenvalue weighted by Crippen LogP contribution is -2.39. The Morgan fingerprint density at radius 3 is 2.47 bits per heavy atom. The molecule has 5 nitrogen and oxygen atoms in total. The second-order valence-corrected chi connectivity index (χ2v) is 7.47. The smallest absolute Gasteiger partial charge is 0.241 e. The van der Waals surface area contributed by atoms with Crippen LogP contribution in [0.2, 0.25) is 0 Å². The molecule has 1 aliphatic heterocycles. The SMILES string of the molecule is C[C@@H](C(=O)Nc1ccccc1-c1ccccc1)N(C)Cc1ccc2c(c1)OCCO2. The number of hydrogen-bond acceptors (Lipinski definition) is 4. The Morgan fingerprint density at radius 1 is 0.967 bits per heavy atom. The predicted octanol–water partition coefficient (Wildman–Crippen LogP) is 4.58. The molecule has 0 spiro atoms. The molecule has 30 heavy (non-hydrogen) atoms. The second kappa shape index (κ2) is 9.01. The molecule has 0 saturated heterocycles. The van der Waals surface area contributed by atoms with Gasteiger partial charge < -0.3 is 14.8 Å². The molecule has 0 aliphatic carbocycles. The van der Waals surface area contributed by atoms with Crippen molar-refractivity contribution in [3.05, 3.63) is 78.4 Å². The van der Waals surface area contributed by atoms with Gasteiger partial charge in [0.05, 0.1) is 6.04 Å². The van der Waals surface area contributed by atoms with E-state index >= 15 is 0 Å². The van der Waals surface area contributed by atoms with Crippen LogP contribution in [0.1, 0.15) is 12.5 Å². The van der Waals surface area contributed by atoms with Gasteiger partial charge in [-0.1, -0.05) is 54.6 Å². The number of anilines is 1. The van der Waals surface area contributed by atoms with E-state index in [1.165, 1.54) is 0 Å². The Bertz CT molecular complexity index is 1020. The number of likely N-dealkylation sites (N-methyl/N-ethyl adjacent to an activating group) is 1. The molecule has 5 heteroatoms. The first-order valence-electron chi connectivity index (χ1n) is 10.2. The summed E-state index contributed by atoms with van der Waals surface area (Å²) >= 11 is 0. The van der Waals surface area contributed by atoms with Crippen LogP contribution in [0.3, 0.4) is 0 Å². The molecular formula is C25H26N2O3. The van der Waals surface area contributed by atoms with Gasteiger partial charge in [-0.3, -0.25) is 9.69 Å². The van der Waals surface area contributed by atoms with Crippen molar-refractivity contribution in [1.29, 1.82) is 0 Å². The van der Waals surface area contributed by atoms with E-state index in [4.69, 9.17) is 9.47 Å². The largest absolute Gasteiger partial charge is 0.486 e. The Balaban J connectivity index is 1.44. The maximum Gasteiger partial charge on any atom is 0.241 e. The minimum Gasteiger partial charge on any atom is -0.486 e. The molecule has 1 atom stereocenters. The van der Waals surface area contributed by atoms with Gasteiger partial charge in [0.15, 0.2) is 11.5 Å². The van der Waals surface area contributed by atoms with Crippen LogP contribution >= 0.6 is 0 Å². The number of ether oxygens (including phenoxy) is 2. The summed E-state index contributed by atoms with van der Waals surface area (Å²) in [6.07, 6.45) is 0. The van der Waals surface area contributed by atoms with E-state index in [1.807, 2.05) is 91.7 Å². The van der Waals surface area contributed by atoms with Crippen molar-refractivity contribution in [2.45, 2.75) is 19.5 Å². The Kier molecular flexibility index (Phi) is 6.00. The van der Waals surface area contributed by atoms with Gasteiger partial charge in [-0.15, -0.1) is 0 Å². The molecule has 0 unspecified atom stereocenters. The van der Waals surface area contributed by atoms with Crippen LogP contribution in [-0.2, 0) is 11.3 Å². The van der Waals surface area contributed by atoms with Crippen molar-refractivity contribution < 1.29 is 14.3 Å². The van der Waals surface area contributed by atoms with E-state index in [-0.39, 0.29) is 11.9 Å². The summed E-state index contributed by atoms with van der Waals surface area (Å²) in [4.78, 5) is 15.0. The van der Waals surface area contributed by atoms with E-state index in [0.717, 1.165) is 33.9 Å². The Hall–Kier alpha value is -3.31. The third-order valence-corrected chi connectivity index (χ3v) is 5.35. The van der Waals surface area contributed by atoms with E-state index < -0.39 is 0 Å². The molecule has 1 aliphatic rings. The summed E-state index contributed by atoms with van der Waals surface area (Å²) in [5.41, 5.74) is 3.97. The van der Waals surface area contributed by atoms with Gasteiger partial charge in [-0.2, -0.15) is 0 Å². The normalized spacial score (nSPS) is 13.7. The van der Waals surface area contributed by atoms with Crippen molar-refractivity contribution in [3.63, 3.8) is 0 Å². The highest BCUT2D eigenvalue weighted by molar-refractivity contribution is 5.98. The van der Waals surface area contributed by atoms with Gasteiger partial charge in [-0.05, 0) is 43.3 Å². The Labute approximate surface area is 177 Å². The van der Waals surface area contributed by atoms with Gasteiger partial charge in [0.2, 0.25) is 5.91 Å². The predicted molar refractivity (Wildman–Crippen MR) is 119 cm³/mol. The highest BCUT2D eigenvalue weighted by Crippen LogP contribution is 2.31. The first-order chi connectivity index (χ1) is 14.6. The topological polar surface area (TPSA) is 50.8 Å². The van der Waals surface area contributed by atoms with Gasteiger partial charge in [0, 0.05) is 17.8 Å². The third kappa shape index (κ3) is 4.47. The van der Waals surface area contributed by atoms with Crippen molar-refractivity contribution >= 4 is 11.6 Å². The van der Waals surface area contributed by atoms with Crippen molar-refractivity contribution in [3.8, 4) is 22.6 Å². The number of amides is 1. The molecule has 3 aromatic carbocycles. The number of carbonyl (C=O) groups is 1. The summed E-state index contributed by atoms with van der Waals surface area (Å²) < 4.78 is 11.2. The number of hydrogen-bond donors (Lipinski definition) is 1. The molecule has 0 fully saturated rings. The number of rotatable bonds is 6. The molecule has 4 rings (SSSR count). The van der Waals surface area contributed by atoms with Gasteiger partial charge >= 0.3 is 0 Å². The Morgan fingerprint density at radius 2 is 1.67 bits per heavy atom. The summed E-state index contributed by atoms with van der Waals surface area (Å²) in [6, 6.07) is 23.6. The van der Waals surface area contributed by atoms with Crippen molar-refractivity contribution in [1.82, 2.24) is 4.90 Å². The zero-order valence-electron chi connectivity index (χ0n) is 17.3. The number of fused-ring (bicyclic) bond motifs is 1. The van der Waals surface area contributed by atoms with Gasteiger partial charge in [0.25, 0.3) is 0 Å². The molecule has 0 bridgehead atoms. The van der Waals surface area contributed by atoms with Crippen molar-refractivity contribution in [2.24, 2.45) is 0 Å². The van der Waals surface area contributed by atoms with Crippen LogP contribution in [0.5, 0.6) is 11.5 Å². The first-order valence-corrected chi connectivity index (χ1v) is 10.2. The maximum atomic E-state index is 13.0. The van der Waals surface area contributed by atoms with E-state index in [9.17, 15) is 4.79 Å². The number of para-hydroxylation sites is 1. The molecule has 1 amide bonds. The third-order valence-electron chi connectivity index (χ3n) is 5.35. The fourth-order valence-corrected chi connectivity index (χ4v) is 3.51. The maximum absolute atomic E-state index is 13.0. The molecule has 0 saturated carbocycles. The standard InChI is InChI=1S/C25H26N2O3/c1-18(27(2)17-19-12-13-23-24(16-19)30-15-14-29-23)25(28)26-22-11-7-6-10-21(22)20-8-4-3-5-9-20/h3-13,16,18H,14-15,17H2,1-2H3,(H,26,28)/t18-/m0/s1. The number of nitrogens with one attached hydrogen (secondary N) is 1. The lowest BCUT2D eigenvalue weighted by molar-refractivity contribution is -0.120. The van der Waals surface area contributed by atoms with E-state index in [1.54, 1.807) is 0 Å². The lowest BCUT2D eigenvalue weighted by atomic mass is 10.0. The fraction of sp³-hybridized carbons (Fsp3) is 0.240. The monoisotopic (exact) mass is 402 g/mol. The molecular weight excluding hydrogens is 376 g/mol. The molecule has 0 aromatic heterocycles. The van der Waals surface area contributed by atoms with Gasteiger partial charge in [-0.25, -0.2) is 0 Å². The minimum atomic E-state index is -0.304. The quantitative estimate of drug-likeness (QED) is 0.656. The number of benzene rings is 3. The summed E-state index contributed by atoms with van der Waals surface area (Å²) in [7, 11) is 1.95. The molecule has 1 N–H and O–H groups in total. The number of nitrogens with zero attached hydrogens (tertiary/aromatic N) is 1. The van der Waals surface area contributed by atoms with Crippen LogP contribution in [0, 0.1) is 0 Å². The molecule has 3 aromatic rings. The average molecular weight is 402 g/mol. The second-order valence-electron chi connectivity index (χ2n) is 7.47. The summed E-state index contributed by atoms with van der Waals surface area (Å²) in [5.74, 6) is 1.50. The highest BCUT2D eigenvalue weighted by Gasteiger charge is 2.20. The number of carbonyl (C=O) groups excluding carboxylic acids is 1. The average Bonchev–Trinajstić information content (AvgIpc) is 2.79. The zero-order chi connectivity index (χ0) is 20.9. The molecule has 1 heterocycles. The highest BCUT2D eigenvalue weighted by atomic mass is 16.6. The van der Waals surface area contributed by atoms with Crippen molar-refractivity contribution in [2.75, 3.05) is 25.6 Å². The first kappa shape index (κ1) is 20.0. The van der Waals surface area contributed by atoms with Crippen LogP contribution in [0.4, 0.5) is 5.69 Å². The summed E-state index contributed by atoms with van der Waals surface area (Å²) in [6.45, 7) is 3.68. The molecule has 154 valence electrons. The van der Waals surface area contributed by atoms with Gasteiger partial charge in [0.1, 0.15) is 13.2 Å². The lowest BCUT2D eigenvalue weighted by Gasteiger charge is -2.25. The molecule has 0 radical (unpaired) electrons. The minimum absolute atomic E-state index is 0.0431. The van der Waals surface area contributed by atoms with Crippen LogP contribution in [0.15, 0.2) is 72.8 Å². The van der Waals surface area contributed by atoms with E-state index in [2.05, 4.69) is 5.32 Å². The zero-order valence-corrected chi connectivity index (χ0v) is 17.3. The van der Waals surface area contributed by atoms with E-state index in [0.29, 0.717) is 19.8 Å².